The van der Waals surface area contributed by atoms with Crippen LogP contribution in [0.5, 0.6) is 0 Å². The maximum atomic E-state index is 6.04. The highest BCUT2D eigenvalue weighted by atomic mass is 32.1. The van der Waals surface area contributed by atoms with Crippen LogP contribution in [-0.2, 0) is 5.41 Å². The van der Waals surface area contributed by atoms with Gasteiger partial charge in [-0.1, -0.05) is 25.9 Å². The highest BCUT2D eigenvalue weighted by molar-refractivity contribution is 7.07. The van der Waals surface area contributed by atoms with Gasteiger partial charge in [-0.2, -0.15) is 16.3 Å². The fourth-order valence-electron chi connectivity index (χ4n) is 1.27. The lowest BCUT2D eigenvalue weighted by Gasteiger charge is -2.10. The van der Waals surface area contributed by atoms with Gasteiger partial charge in [0.25, 0.3) is 0 Å². The van der Waals surface area contributed by atoms with Crippen molar-refractivity contribution < 1.29 is 4.52 Å². The lowest BCUT2D eigenvalue weighted by Crippen LogP contribution is -2.15. The van der Waals surface area contributed by atoms with E-state index in [-0.39, 0.29) is 11.5 Å². The molecule has 0 saturated heterocycles. The molecule has 0 aliphatic carbocycles. The predicted molar refractivity (Wildman–Crippen MR) is 63.3 cm³/mol. The summed E-state index contributed by atoms with van der Waals surface area (Å²) >= 11 is 1.61. The van der Waals surface area contributed by atoms with Crippen LogP contribution in [0.2, 0.25) is 0 Å². The first-order chi connectivity index (χ1) is 7.48. The molecule has 0 aliphatic heterocycles. The van der Waals surface area contributed by atoms with Crippen LogP contribution in [0.1, 0.15) is 44.1 Å². The molecule has 0 aliphatic rings. The molecule has 2 heterocycles. The summed E-state index contributed by atoms with van der Waals surface area (Å²) in [5.74, 6) is 1.16. The Morgan fingerprint density at radius 1 is 1.44 bits per heavy atom. The van der Waals surface area contributed by atoms with Crippen LogP contribution in [0.3, 0.4) is 0 Å². The van der Waals surface area contributed by atoms with Gasteiger partial charge in [0.2, 0.25) is 5.89 Å². The van der Waals surface area contributed by atoms with Crippen molar-refractivity contribution in [2.45, 2.75) is 32.2 Å². The number of thiophene rings is 1. The lowest BCUT2D eigenvalue weighted by molar-refractivity contribution is 0.317. The Kier molecular flexibility index (Phi) is 2.82. The second-order valence-electron chi connectivity index (χ2n) is 4.74. The molecule has 4 nitrogen and oxygen atoms in total. The summed E-state index contributed by atoms with van der Waals surface area (Å²) in [4.78, 5) is 4.34. The van der Waals surface area contributed by atoms with Crippen LogP contribution in [0.25, 0.3) is 0 Å². The molecular formula is C11H15N3OS. The Bertz CT molecular complexity index is 456. The van der Waals surface area contributed by atoms with Gasteiger partial charge in [-0.05, 0) is 22.4 Å². The van der Waals surface area contributed by atoms with E-state index in [0.717, 1.165) is 5.56 Å². The third-order valence-electron chi connectivity index (χ3n) is 2.26. The zero-order valence-corrected chi connectivity index (χ0v) is 10.4. The molecule has 2 aromatic rings. The molecule has 86 valence electrons. The van der Waals surface area contributed by atoms with E-state index in [1.54, 1.807) is 11.3 Å². The van der Waals surface area contributed by atoms with E-state index in [2.05, 4.69) is 10.1 Å². The van der Waals surface area contributed by atoms with Crippen molar-refractivity contribution in [3.8, 4) is 0 Å². The summed E-state index contributed by atoms with van der Waals surface area (Å²) in [5, 5.41) is 7.92. The van der Waals surface area contributed by atoms with E-state index in [9.17, 15) is 0 Å². The SMILES string of the molecule is CC(C)(C)c1nc(C(N)c2ccsc2)no1. The van der Waals surface area contributed by atoms with Crippen molar-refractivity contribution in [3.05, 3.63) is 34.1 Å². The van der Waals surface area contributed by atoms with Crippen LogP contribution in [0.4, 0.5) is 0 Å². The zero-order chi connectivity index (χ0) is 11.8. The summed E-state index contributed by atoms with van der Waals surface area (Å²) in [6.07, 6.45) is 0. The predicted octanol–water partition coefficient (Wildman–Crippen LogP) is 2.48. The summed E-state index contributed by atoms with van der Waals surface area (Å²) in [7, 11) is 0. The van der Waals surface area contributed by atoms with Crippen LogP contribution >= 0.6 is 11.3 Å². The molecule has 0 amide bonds. The molecular weight excluding hydrogens is 222 g/mol. The van der Waals surface area contributed by atoms with Gasteiger partial charge in [-0.3, -0.25) is 0 Å². The van der Waals surface area contributed by atoms with Gasteiger partial charge in [0.15, 0.2) is 5.82 Å². The molecule has 0 radical (unpaired) electrons. The van der Waals surface area contributed by atoms with Gasteiger partial charge in [0, 0.05) is 5.41 Å². The molecule has 2 rings (SSSR count). The standard InChI is InChI=1S/C11H15N3OS/c1-11(2,3)10-13-9(14-15-10)8(12)7-4-5-16-6-7/h4-6,8H,12H2,1-3H3. The fourth-order valence-corrected chi connectivity index (χ4v) is 1.96. The minimum atomic E-state index is -0.300. The van der Waals surface area contributed by atoms with Crippen molar-refractivity contribution in [3.63, 3.8) is 0 Å². The molecule has 16 heavy (non-hydrogen) atoms. The summed E-state index contributed by atoms with van der Waals surface area (Å²) in [5.41, 5.74) is 6.92. The Labute approximate surface area is 98.5 Å². The van der Waals surface area contributed by atoms with E-state index in [1.165, 1.54) is 0 Å². The van der Waals surface area contributed by atoms with E-state index >= 15 is 0 Å². The maximum Gasteiger partial charge on any atom is 0.232 e. The number of hydrogen-bond donors (Lipinski definition) is 1. The molecule has 0 fully saturated rings. The van der Waals surface area contributed by atoms with Crippen LogP contribution in [0.15, 0.2) is 21.3 Å². The van der Waals surface area contributed by atoms with Crippen molar-refractivity contribution in [2.75, 3.05) is 0 Å². The Morgan fingerprint density at radius 2 is 2.19 bits per heavy atom. The topological polar surface area (TPSA) is 64.9 Å². The molecule has 0 bridgehead atoms. The number of rotatable bonds is 2. The number of aromatic nitrogens is 2. The van der Waals surface area contributed by atoms with Gasteiger partial charge in [0.05, 0.1) is 6.04 Å². The normalized spacial score (nSPS) is 14.0. The Morgan fingerprint density at radius 3 is 2.69 bits per heavy atom. The third-order valence-corrected chi connectivity index (χ3v) is 2.97. The maximum absolute atomic E-state index is 6.04. The second-order valence-corrected chi connectivity index (χ2v) is 5.52. The number of hydrogen-bond acceptors (Lipinski definition) is 5. The molecule has 5 heteroatoms. The summed E-state index contributed by atoms with van der Waals surface area (Å²) in [6.45, 7) is 6.08. The molecule has 0 aromatic carbocycles. The lowest BCUT2D eigenvalue weighted by atomic mass is 9.97. The molecule has 0 saturated carbocycles. The zero-order valence-electron chi connectivity index (χ0n) is 9.60. The Balaban J connectivity index is 2.26. The first-order valence-electron chi connectivity index (χ1n) is 5.10. The first kappa shape index (κ1) is 11.3. The van der Waals surface area contributed by atoms with E-state index in [1.807, 2.05) is 37.6 Å². The highest BCUT2D eigenvalue weighted by Gasteiger charge is 2.24. The molecule has 1 unspecified atom stereocenters. The van der Waals surface area contributed by atoms with Gasteiger partial charge in [0.1, 0.15) is 0 Å². The molecule has 2 aromatic heterocycles. The van der Waals surface area contributed by atoms with E-state index in [0.29, 0.717) is 11.7 Å². The largest absolute Gasteiger partial charge is 0.339 e. The van der Waals surface area contributed by atoms with Crippen molar-refractivity contribution in [1.29, 1.82) is 0 Å². The van der Waals surface area contributed by atoms with Gasteiger partial charge in [-0.15, -0.1) is 0 Å². The fraction of sp³-hybridized carbons (Fsp3) is 0.455. The second kappa shape index (κ2) is 3.99. The summed E-state index contributed by atoms with van der Waals surface area (Å²) in [6, 6.07) is 1.67. The smallest absolute Gasteiger partial charge is 0.232 e. The third kappa shape index (κ3) is 2.15. The van der Waals surface area contributed by atoms with Crippen molar-refractivity contribution in [1.82, 2.24) is 10.1 Å². The first-order valence-corrected chi connectivity index (χ1v) is 6.04. The molecule has 1 atom stereocenters. The minimum Gasteiger partial charge on any atom is -0.339 e. The van der Waals surface area contributed by atoms with Gasteiger partial charge < -0.3 is 10.3 Å². The van der Waals surface area contributed by atoms with Crippen molar-refractivity contribution >= 4 is 11.3 Å². The van der Waals surface area contributed by atoms with Crippen LogP contribution in [-0.4, -0.2) is 10.1 Å². The van der Waals surface area contributed by atoms with E-state index in [4.69, 9.17) is 10.3 Å². The van der Waals surface area contributed by atoms with Gasteiger partial charge in [-0.25, -0.2) is 0 Å². The van der Waals surface area contributed by atoms with Crippen LogP contribution < -0.4 is 5.73 Å². The average Bonchev–Trinajstić information content (AvgIpc) is 2.87. The number of nitrogens with zero attached hydrogens (tertiary/aromatic N) is 2. The highest BCUT2D eigenvalue weighted by Crippen LogP contribution is 2.24. The average molecular weight is 237 g/mol. The van der Waals surface area contributed by atoms with Crippen molar-refractivity contribution in [2.24, 2.45) is 5.73 Å². The molecule has 2 N–H and O–H groups in total. The summed E-state index contributed by atoms with van der Waals surface area (Å²) < 4.78 is 5.21. The molecule has 0 spiro atoms. The monoisotopic (exact) mass is 237 g/mol. The van der Waals surface area contributed by atoms with Gasteiger partial charge >= 0.3 is 0 Å². The quantitative estimate of drug-likeness (QED) is 0.871. The number of nitrogens with two attached hydrogens (primary N) is 1. The minimum absolute atomic E-state index is 0.139. The Hall–Kier alpha value is -1.20. The van der Waals surface area contributed by atoms with Crippen LogP contribution in [0, 0.1) is 0 Å². The van der Waals surface area contributed by atoms with E-state index < -0.39 is 0 Å².